The summed E-state index contributed by atoms with van der Waals surface area (Å²) in [6.45, 7) is 0.255. The van der Waals surface area contributed by atoms with Gasteiger partial charge in [-0.2, -0.15) is 0 Å². The fraction of sp³-hybridized carbons (Fsp3) is 0.174. The van der Waals surface area contributed by atoms with Crippen LogP contribution in [0.1, 0.15) is 16.9 Å². The molecule has 0 atom stereocenters. The van der Waals surface area contributed by atoms with Crippen molar-refractivity contribution < 1.29 is 23.4 Å². The Kier molecular flexibility index (Phi) is 6.58. The van der Waals surface area contributed by atoms with Gasteiger partial charge in [0.15, 0.2) is 11.5 Å². The van der Waals surface area contributed by atoms with Gasteiger partial charge in [-0.05, 0) is 35.9 Å². The van der Waals surface area contributed by atoms with Crippen LogP contribution in [0.15, 0.2) is 65.3 Å². The third kappa shape index (κ3) is 4.60. The lowest BCUT2D eigenvalue weighted by Gasteiger charge is -2.16. The molecule has 3 rings (SSSR count). The highest BCUT2D eigenvalue weighted by atomic mass is 16.5. The molecular formula is C23H23NO5. The maximum Gasteiger partial charge on any atom is 0.252 e. The molecule has 0 unspecified atom stereocenters. The highest BCUT2D eigenvalue weighted by Crippen LogP contribution is 2.39. The first kappa shape index (κ1) is 20.1. The molecule has 0 bridgehead atoms. The second-order valence-corrected chi connectivity index (χ2v) is 6.12. The average molecular weight is 393 g/mol. The van der Waals surface area contributed by atoms with Crippen molar-refractivity contribution in [3.8, 4) is 17.2 Å². The Hall–Kier alpha value is -3.67. The number of ether oxygens (including phenoxy) is 3. The Bertz CT molecular complexity index is 978. The zero-order chi connectivity index (χ0) is 20.6. The van der Waals surface area contributed by atoms with Gasteiger partial charge in [-0.25, -0.2) is 0 Å². The predicted octanol–water partition coefficient (Wildman–Crippen LogP) is 4.16. The lowest BCUT2D eigenvalue weighted by molar-refractivity contribution is -0.115. The lowest BCUT2D eigenvalue weighted by atomic mass is 10.0. The fourth-order valence-corrected chi connectivity index (χ4v) is 2.99. The van der Waals surface area contributed by atoms with Gasteiger partial charge in [-0.15, -0.1) is 0 Å². The highest BCUT2D eigenvalue weighted by Gasteiger charge is 2.18. The molecule has 0 saturated carbocycles. The molecule has 0 radical (unpaired) electrons. The zero-order valence-electron chi connectivity index (χ0n) is 16.6. The molecule has 6 nitrogen and oxygen atoms in total. The Labute approximate surface area is 169 Å². The molecule has 1 heterocycles. The van der Waals surface area contributed by atoms with E-state index < -0.39 is 0 Å². The molecular weight excluding hydrogens is 370 g/mol. The summed E-state index contributed by atoms with van der Waals surface area (Å²) in [6.07, 6.45) is 3.29. The number of carbonyl (C=O) groups is 1. The van der Waals surface area contributed by atoms with Gasteiger partial charge in [0.2, 0.25) is 5.75 Å². The van der Waals surface area contributed by atoms with Gasteiger partial charge in [-0.1, -0.05) is 30.3 Å². The van der Waals surface area contributed by atoms with Gasteiger partial charge in [-0.3, -0.25) is 4.79 Å². The summed E-state index contributed by atoms with van der Waals surface area (Å²) < 4.78 is 21.6. The largest absolute Gasteiger partial charge is 0.493 e. The monoisotopic (exact) mass is 393 g/mol. The normalized spacial score (nSPS) is 11.1. The molecule has 0 saturated heterocycles. The van der Waals surface area contributed by atoms with Gasteiger partial charge in [0.25, 0.3) is 5.91 Å². The van der Waals surface area contributed by atoms with Gasteiger partial charge in [0.05, 0.1) is 33.2 Å². The third-order valence-corrected chi connectivity index (χ3v) is 4.38. The van der Waals surface area contributed by atoms with Crippen molar-refractivity contribution in [2.45, 2.75) is 6.54 Å². The van der Waals surface area contributed by atoms with Crippen molar-refractivity contribution in [2.24, 2.45) is 0 Å². The number of rotatable bonds is 8. The molecule has 150 valence electrons. The van der Waals surface area contributed by atoms with Crippen molar-refractivity contribution >= 4 is 17.6 Å². The number of amides is 1. The van der Waals surface area contributed by atoms with Crippen LogP contribution in [0.25, 0.3) is 11.6 Å². The second-order valence-electron chi connectivity index (χ2n) is 6.12. The van der Waals surface area contributed by atoms with Gasteiger partial charge in [0.1, 0.15) is 5.76 Å². The number of methoxy groups -OCH3 is 3. The summed E-state index contributed by atoms with van der Waals surface area (Å²) in [5.74, 6) is 1.92. The smallest absolute Gasteiger partial charge is 0.252 e. The van der Waals surface area contributed by atoms with Crippen LogP contribution in [0, 0.1) is 0 Å². The number of benzene rings is 2. The van der Waals surface area contributed by atoms with Gasteiger partial charge < -0.3 is 23.9 Å². The van der Waals surface area contributed by atoms with Gasteiger partial charge >= 0.3 is 0 Å². The van der Waals surface area contributed by atoms with E-state index in [1.807, 2.05) is 36.4 Å². The second kappa shape index (κ2) is 9.50. The number of hydrogen-bond donors (Lipinski definition) is 1. The summed E-state index contributed by atoms with van der Waals surface area (Å²) in [4.78, 5) is 13.0. The van der Waals surface area contributed by atoms with Crippen LogP contribution < -0.4 is 19.5 Å². The topological polar surface area (TPSA) is 69.9 Å². The van der Waals surface area contributed by atoms with E-state index in [-0.39, 0.29) is 12.5 Å². The van der Waals surface area contributed by atoms with Crippen molar-refractivity contribution in [3.05, 3.63) is 77.7 Å². The van der Waals surface area contributed by atoms with E-state index in [0.717, 1.165) is 11.1 Å². The van der Waals surface area contributed by atoms with E-state index in [0.29, 0.717) is 28.6 Å². The summed E-state index contributed by atoms with van der Waals surface area (Å²) in [5.41, 5.74) is 2.06. The minimum absolute atomic E-state index is 0.232. The van der Waals surface area contributed by atoms with Crippen molar-refractivity contribution in [2.75, 3.05) is 21.3 Å². The number of furan rings is 1. The van der Waals surface area contributed by atoms with E-state index in [1.54, 1.807) is 51.9 Å². The number of hydrogen-bond acceptors (Lipinski definition) is 5. The van der Waals surface area contributed by atoms with E-state index in [1.165, 1.54) is 0 Å². The molecule has 3 aromatic rings. The predicted molar refractivity (Wildman–Crippen MR) is 111 cm³/mol. The summed E-state index contributed by atoms with van der Waals surface area (Å²) in [7, 11) is 4.65. The van der Waals surface area contributed by atoms with Crippen molar-refractivity contribution in [1.29, 1.82) is 0 Å². The SMILES string of the molecule is COc1ccc(CNC(=O)/C(=C/c2ccco2)c2ccccc2)c(OC)c1OC. The first-order valence-corrected chi connectivity index (χ1v) is 9.04. The van der Waals surface area contributed by atoms with Crippen LogP contribution in [0.2, 0.25) is 0 Å². The van der Waals surface area contributed by atoms with Crippen LogP contribution in [0.5, 0.6) is 17.2 Å². The van der Waals surface area contributed by atoms with Crippen molar-refractivity contribution in [1.82, 2.24) is 5.32 Å². The summed E-state index contributed by atoms with van der Waals surface area (Å²) in [5, 5.41) is 2.95. The summed E-state index contributed by atoms with van der Waals surface area (Å²) in [6, 6.07) is 16.6. The highest BCUT2D eigenvalue weighted by molar-refractivity contribution is 6.24. The van der Waals surface area contributed by atoms with E-state index in [9.17, 15) is 4.79 Å². The maximum atomic E-state index is 13.0. The Morgan fingerprint density at radius 2 is 1.69 bits per heavy atom. The first-order chi connectivity index (χ1) is 14.2. The molecule has 29 heavy (non-hydrogen) atoms. The zero-order valence-corrected chi connectivity index (χ0v) is 16.6. The van der Waals surface area contributed by atoms with Gasteiger partial charge in [0, 0.05) is 12.1 Å². The van der Waals surface area contributed by atoms with Crippen LogP contribution in [-0.4, -0.2) is 27.2 Å². The fourth-order valence-electron chi connectivity index (χ4n) is 2.99. The Morgan fingerprint density at radius 3 is 2.31 bits per heavy atom. The van der Waals surface area contributed by atoms with Crippen LogP contribution in [0.4, 0.5) is 0 Å². The van der Waals surface area contributed by atoms with Crippen molar-refractivity contribution in [3.63, 3.8) is 0 Å². The first-order valence-electron chi connectivity index (χ1n) is 9.04. The Morgan fingerprint density at radius 1 is 0.931 bits per heavy atom. The van der Waals surface area contributed by atoms with Crippen LogP contribution in [0.3, 0.4) is 0 Å². The molecule has 0 fully saturated rings. The molecule has 1 N–H and O–H groups in total. The van der Waals surface area contributed by atoms with E-state index in [4.69, 9.17) is 18.6 Å². The molecule has 2 aromatic carbocycles. The van der Waals surface area contributed by atoms with E-state index in [2.05, 4.69) is 5.32 Å². The molecule has 6 heteroatoms. The molecule has 1 amide bonds. The van der Waals surface area contributed by atoms with Crippen LogP contribution >= 0.6 is 0 Å². The number of nitrogens with one attached hydrogen (secondary N) is 1. The Balaban J connectivity index is 1.86. The molecule has 0 aliphatic carbocycles. The molecule has 0 aliphatic heterocycles. The minimum atomic E-state index is -0.232. The van der Waals surface area contributed by atoms with E-state index >= 15 is 0 Å². The summed E-state index contributed by atoms with van der Waals surface area (Å²) >= 11 is 0. The lowest BCUT2D eigenvalue weighted by Crippen LogP contribution is -2.24. The third-order valence-electron chi connectivity index (χ3n) is 4.38. The minimum Gasteiger partial charge on any atom is -0.493 e. The number of carbonyl (C=O) groups excluding carboxylic acids is 1. The maximum absolute atomic E-state index is 13.0. The standard InChI is InChI=1S/C23H23NO5/c1-26-20-12-11-17(21(27-2)22(20)28-3)15-24-23(25)19(14-18-10-7-13-29-18)16-8-5-4-6-9-16/h4-14H,15H2,1-3H3,(H,24,25)/b19-14+. The molecule has 0 spiro atoms. The molecule has 1 aromatic heterocycles. The van der Waals surface area contributed by atoms with Crippen LogP contribution in [-0.2, 0) is 11.3 Å². The quantitative estimate of drug-likeness (QED) is 0.582. The molecule has 0 aliphatic rings. The average Bonchev–Trinajstić information content (AvgIpc) is 3.28.